The number of amides is 1. The zero-order valence-electron chi connectivity index (χ0n) is 15.1. The molecule has 0 bridgehead atoms. The molecule has 136 valence electrons. The van der Waals surface area contributed by atoms with Crippen LogP contribution in [0.15, 0.2) is 34.9 Å². The lowest BCUT2D eigenvalue weighted by molar-refractivity contribution is 0.0585. The zero-order valence-corrected chi connectivity index (χ0v) is 15.1. The molecule has 1 heterocycles. The molecule has 0 radical (unpaired) electrons. The van der Waals surface area contributed by atoms with Crippen molar-refractivity contribution in [2.75, 3.05) is 13.1 Å². The van der Waals surface area contributed by atoms with Gasteiger partial charge in [0, 0.05) is 18.5 Å². The Hall–Kier alpha value is -2.21. The average Bonchev–Trinajstić information content (AvgIpc) is 3.04. The van der Waals surface area contributed by atoms with E-state index in [0.717, 1.165) is 0 Å². The molecule has 25 heavy (non-hydrogen) atoms. The number of carbonyl (C=O) groups excluding carboxylic acids is 1. The average molecular weight is 348 g/mol. The van der Waals surface area contributed by atoms with Gasteiger partial charge in [0.25, 0.3) is 5.91 Å². The topological polar surface area (TPSA) is 66.6 Å². The smallest absolute Gasteiger partial charge is 0.276 e. The van der Waals surface area contributed by atoms with E-state index < -0.39 is 6.10 Å². The standard InChI is InChI=1S/C19H25FN2O3/c1-12(2)10-22(11-17(23)14-5-7-15(20)8-6-14)19(24)16-9-18(13(3)4)25-21-16/h5-9,12-13,17,23H,10-11H2,1-4H3. The van der Waals surface area contributed by atoms with Gasteiger partial charge in [-0.3, -0.25) is 4.79 Å². The van der Waals surface area contributed by atoms with Crippen molar-refractivity contribution >= 4 is 5.91 Å². The van der Waals surface area contributed by atoms with Crippen molar-refractivity contribution < 1.29 is 18.8 Å². The highest BCUT2D eigenvalue weighted by Crippen LogP contribution is 2.20. The summed E-state index contributed by atoms with van der Waals surface area (Å²) in [5.74, 6) is 0.352. The van der Waals surface area contributed by atoms with E-state index in [4.69, 9.17) is 4.52 Å². The molecule has 1 aromatic heterocycles. The Labute approximate surface area is 147 Å². The second-order valence-electron chi connectivity index (χ2n) is 6.94. The molecule has 2 aromatic rings. The lowest BCUT2D eigenvalue weighted by Crippen LogP contribution is -2.37. The minimum Gasteiger partial charge on any atom is -0.387 e. The van der Waals surface area contributed by atoms with E-state index in [1.165, 1.54) is 24.3 Å². The molecule has 1 atom stereocenters. The van der Waals surface area contributed by atoms with Crippen molar-refractivity contribution in [3.8, 4) is 0 Å². The lowest BCUT2D eigenvalue weighted by atomic mass is 10.1. The van der Waals surface area contributed by atoms with Crippen LogP contribution in [-0.2, 0) is 0 Å². The van der Waals surface area contributed by atoms with Gasteiger partial charge in [-0.25, -0.2) is 4.39 Å². The molecule has 0 aliphatic carbocycles. The number of aliphatic hydroxyl groups excluding tert-OH is 1. The van der Waals surface area contributed by atoms with E-state index in [0.29, 0.717) is 17.9 Å². The fourth-order valence-electron chi connectivity index (χ4n) is 2.50. The second kappa shape index (κ2) is 8.25. The van der Waals surface area contributed by atoms with E-state index in [1.54, 1.807) is 11.0 Å². The Morgan fingerprint density at radius 1 is 1.20 bits per heavy atom. The molecule has 6 heteroatoms. The van der Waals surface area contributed by atoms with Crippen LogP contribution in [0.5, 0.6) is 0 Å². The van der Waals surface area contributed by atoms with Crippen molar-refractivity contribution in [2.24, 2.45) is 5.92 Å². The van der Waals surface area contributed by atoms with Crippen molar-refractivity contribution in [1.82, 2.24) is 10.1 Å². The number of halogens is 1. The summed E-state index contributed by atoms with van der Waals surface area (Å²) in [6, 6.07) is 7.26. The molecule has 0 aliphatic heterocycles. The fourth-order valence-corrected chi connectivity index (χ4v) is 2.50. The monoisotopic (exact) mass is 348 g/mol. The molecule has 1 N–H and O–H groups in total. The minimum atomic E-state index is -0.903. The van der Waals surface area contributed by atoms with Crippen LogP contribution in [0.4, 0.5) is 4.39 Å². The number of nitrogens with zero attached hydrogens (tertiary/aromatic N) is 2. The van der Waals surface area contributed by atoms with Crippen LogP contribution in [0.3, 0.4) is 0 Å². The quantitative estimate of drug-likeness (QED) is 0.827. The van der Waals surface area contributed by atoms with Crippen LogP contribution < -0.4 is 0 Å². The Kier molecular flexibility index (Phi) is 6.31. The summed E-state index contributed by atoms with van der Waals surface area (Å²) in [6.07, 6.45) is -0.903. The first-order valence-electron chi connectivity index (χ1n) is 8.47. The number of hydrogen-bond acceptors (Lipinski definition) is 4. The molecule has 2 rings (SSSR count). The largest absolute Gasteiger partial charge is 0.387 e. The van der Waals surface area contributed by atoms with E-state index >= 15 is 0 Å². The first-order valence-corrected chi connectivity index (χ1v) is 8.47. The molecule has 1 amide bonds. The number of carbonyl (C=O) groups is 1. The highest BCUT2D eigenvalue weighted by atomic mass is 19.1. The van der Waals surface area contributed by atoms with Crippen LogP contribution >= 0.6 is 0 Å². The Morgan fingerprint density at radius 3 is 2.36 bits per heavy atom. The first-order chi connectivity index (χ1) is 11.8. The summed E-state index contributed by atoms with van der Waals surface area (Å²) < 4.78 is 18.2. The highest BCUT2D eigenvalue weighted by Gasteiger charge is 2.24. The first kappa shape index (κ1) is 19.1. The Morgan fingerprint density at radius 2 is 1.84 bits per heavy atom. The number of aliphatic hydroxyl groups is 1. The van der Waals surface area contributed by atoms with Gasteiger partial charge in [-0.1, -0.05) is 45.0 Å². The second-order valence-corrected chi connectivity index (χ2v) is 6.94. The van der Waals surface area contributed by atoms with Gasteiger partial charge in [-0.2, -0.15) is 0 Å². The maximum atomic E-state index is 13.0. The van der Waals surface area contributed by atoms with E-state index in [-0.39, 0.29) is 35.8 Å². The fraction of sp³-hybridized carbons (Fsp3) is 0.474. The minimum absolute atomic E-state index is 0.104. The molecule has 0 saturated heterocycles. The van der Waals surface area contributed by atoms with Gasteiger partial charge in [0.2, 0.25) is 0 Å². The van der Waals surface area contributed by atoms with Gasteiger partial charge in [0.05, 0.1) is 12.6 Å². The maximum absolute atomic E-state index is 13.0. The third-order valence-electron chi connectivity index (χ3n) is 3.84. The Bertz CT molecular complexity index is 695. The third kappa shape index (κ3) is 5.13. The summed E-state index contributed by atoms with van der Waals surface area (Å²) in [7, 11) is 0. The summed E-state index contributed by atoms with van der Waals surface area (Å²) >= 11 is 0. The molecule has 0 fully saturated rings. The maximum Gasteiger partial charge on any atom is 0.276 e. The van der Waals surface area contributed by atoms with Crippen molar-refractivity contribution in [1.29, 1.82) is 0 Å². The molecular weight excluding hydrogens is 323 g/mol. The van der Waals surface area contributed by atoms with Gasteiger partial charge < -0.3 is 14.5 Å². The molecule has 0 aliphatic rings. The molecular formula is C19H25FN2O3. The van der Waals surface area contributed by atoms with Crippen molar-refractivity contribution in [2.45, 2.75) is 39.7 Å². The number of benzene rings is 1. The summed E-state index contributed by atoms with van der Waals surface area (Å²) in [4.78, 5) is 14.3. The molecule has 1 aromatic carbocycles. The van der Waals surface area contributed by atoms with Crippen LogP contribution in [0, 0.1) is 11.7 Å². The van der Waals surface area contributed by atoms with E-state index in [1.807, 2.05) is 27.7 Å². The van der Waals surface area contributed by atoms with Gasteiger partial charge in [0.1, 0.15) is 11.6 Å². The summed E-state index contributed by atoms with van der Waals surface area (Å²) in [6.45, 7) is 8.48. The number of rotatable bonds is 7. The predicted octanol–water partition coefficient (Wildman–Crippen LogP) is 3.77. The van der Waals surface area contributed by atoms with Crippen LogP contribution in [0.1, 0.15) is 61.5 Å². The number of hydrogen-bond donors (Lipinski definition) is 1. The molecule has 1 unspecified atom stereocenters. The predicted molar refractivity (Wildman–Crippen MR) is 92.7 cm³/mol. The van der Waals surface area contributed by atoms with Gasteiger partial charge in [-0.05, 0) is 23.6 Å². The molecule has 0 saturated carbocycles. The van der Waals surface area contributed by atoms with E-state index in [9.17, 15) is 14.3 Å². The molecule has 5 nitrogen and oxygen atoms in total. The lowest BCUT2D eigenvalue weighted by Gasteiger charge is -2.26. The normalized spacial score (nSPS) is 12.6. The van der Waals surface area contributed by atoms with Crippen molar-refractivity contribution in [3.05, 3.63) is 53.2 Å². The van der Waals surface area contributed by atoms with Crippen LogP contribution in [-0.4, -0.2) is 34.2 Å². The van der Waals surface area contributed by atoms with Gasteiger partial charge in [-0.15, -0.1) is 0 Å². The van der Waals surface area contributed by atoms with Crippen LogP contribution in [0.25, 0.3) is 0 Å². The SMILES string of the molecule is CC(C)CN(CC(O)c1ccc(F)cc1)C(=O)c1cc(C(C)C)on1. The zero-order chi connectivity index (χ0) is 18.6. The highest BCUT2D eigenvalue weighted by molar-refractivity contribution is 5.92. The summed E-state index contributed by atoms with van der Waals surface area (Å²) in [5.41, 5.74) is 0.793. The van der Waals surface area contributed by atoms with Crippen LogP contribution in [0.2, 0.25) is 0 Å². The van der Waals surface area contributed by atoms with Gasteiger partial charge >= 0.3 is 0 Å². The van der Waals surface area contributed by atoms with Gasteiger partial charge in [0.15, 0.2) is 5.69 Å². The number of aromatic nitrogens is 1. The molecule has 0 spiro atoms. The Balaban J connectivity index is 2.16. The van der Waals surface area contributed by atoms with E-state index in [2.05, 4.69) is 5.16 Å². The van der Waals surface area contributed by atoms with Crippen molar-refractivity contribution in [3.63, 3.8) is 0 Å². The third-order valence-corrected chi connectivity index (χ3v) is 3.84. The summed E-state index contributed by atoms with van der Waals surface area (Å²) in [5, 5.41) is 14.3.